The number of nitrogens with zero attached hydrogens (tertiary/aromatic N) is 1. The van der Waals surface area contributed by atoms with Gasteiger partial charge in [0.25, 0.3) is 5.91 Å². The molecule has 0 fully saturated rings. The van der Waals surface area contributed by atoms with Crippen molar-refractivity contribution in [2.45, 2.75) is 51.3 Å². The van der Waals surface area contributed by atoms with Crippen LogP contribution in [0.5, 0.6) is 0 Å². The summed E-state index contributed by atoms with van der Waals surface area (Å²) in [5, 5.41) is 13.3. The minimum absolute atomic E-state index is 0.00895. The lowest BCUT2D eigenvalue weighted by Gasteiger charge is -2.23. The quantitative estimate of drug-likeness (QED) is 0.721. The summed E-state index contributed by atoms with van der Waals surface area (Å²) >= 11 is 0. The van der Waals surface area contributed by atoms with Gasteiger partial charge >= 0.3 is 0 Å². The number of halogens is 2. The fraction of sp³-hybridized carbons (Fsp3) is 0.400. The van der Waals surface area contributed by atoms with E-state index in [1.165, 1.54) is 12.3 Å². The average Bonchev–Trinajstić information content (AvgIpc) is 2.57. The zero-order valence-corrected chi connectivity index (χ0v) is 15.7. The zero-order chi connectivity index (χ0) is 20.2. The van der Waals surface area contributed by atoms with Gasteiger partial charge in [0, 0.05) is 29.8 Å². The molecule has 0 saturated heterocycles. The van der Waals surface area contributed by atoms with Gasteiger partial charge in [0.15, 0.2) is 0 Å². The summed E-state index contributed by atoms with van der Waals surface area (Å²) in [7, 11) is 0. The van der Waals surface area contributed by atoms with E-state index in [1.807, 2.05) is 20.8 Å². The number of nitrogens with two attached hydrogens (primary N) is 1. The predicted octanol–water partition coefficient (Wildman–Crippen LogP) is 2.36. The summed E-state index contributed by atoms with van der Waals surface area (Å²) in [4.78, 5) is 16.6. The maximum absolute atomic E-state index is 13.8. The molecule has 2 rings (SSSR count). The Kier molecular flexibility index (Phi) is 6.62. The number of hydrogen-bond acceptors (Lipinski definition) is 4. The third-order valence-electron chi connectivity index (χ3n) is 4.02. The molecule has 0 spiro atoms. The van der Waals surface area contributed by atoms with Gasteiger partial charge in [-0.25, -0.2) is 8.78 Å². The first-order valence-electron chi connectivity index (χ1n) is 8.71. The number of nitrogens with one attached hydrogen (secondary N) is 1. The van der Waals surface area contributed by atoms with Gasteiger partial charge in [0.1, 0.15) is 11.6 Å². The number of benzene rings is 1. The standard InChI is InChI=1S/C20H25F2N3O2/c1-20(2,3)25-19(27)12-6-5-9-24-17(12)11-18(26)16(23)10-13-14(21)7-4-8-15(13)22/h4-9,16,18,26H,10-11,23H2,1-3H3,(H,25,27)/t16-,18+/m1/s1. The van der Waals surface area contributed by atoms with Crippen LogP contribution in [0.3, 0.4) is 0 Å². The Hall–Kier alpha value is -2.38. The van der Waals surface area contributed by atoms with Gasteiger partial charge < -0.3 is 16.2 Å². The number of aliphatic hydroxyl groups is 1. The van der Waals surface area contributed by atoms with Gasteiger partial charge in [0.2, 0.25) is 0 Å². The largest absolute Gasteiger partial charge is 0.391 e. The van der Waals surface area contributed by atoms with Crippen LogP contribution in [0.15, 0.2) is 36.5 Å². The number of aliphatic hydroxyl groups excluding tert-OH is 1. The van der Waals surface area contributed by atoms with Gasteiger partial charge in [-0.1, -0.05) is 6.07 Å². The molecule has 0 aliphatic carbocycles. The lowest BCUT2D eigenvalue weighted by atomic mass is 9.96. The SMILES string of the molecule is CC(C)(C)NC(=O)c1cccnc1C[C@H](O)[C@H](N)Cc1c(F)cccc1F. The minimum atomic E-state index is -1.12. The van der Waals surface area contributed by atoms with Crippen LogP contribution in [0.25, 0.3) is 0 Å². The summed E-state index contributed by atoms with van der Waals surface area (Å²) in [6.45, 7) is 5.57. The molecule has 1 aromatic carbocycles. The van der Waals surface area contributed by atoms with E-state index in [9.17, 15) is 18.7 Å². The lowest BCUT2D eigenvalue weighted by molar-refractivity contribution is 0.0916. The van der Waals surface area contributed by atoms with Crippen molar-refractivity contribution in [2.24, 2.45) is 5.73 Å². The van der Waals surface area contributed by atoms with Crippen molar-refractivity contribution in [1.82, 2.24) is 10.3 Å². The normalized spacial score (nSPS) is 13.9. The molecule has 0 saturated carbocycles. The molecule has 2 aromatic rings. The van der Waals surface area contributed by atoms with Crippen LogP contribution in [0.4, 0.5) is 8.78 Å². The second kappa shape index (κ2) is 8.54. The van der Waals surface area contributed by atoms with Crippen LogP contribution in [-0.4, -0.2) is 33.7 Å². The molecule has 7 heteroatoms. The molecule has 0 aliphatic rings. The topological polar surface area (TPSA) is 88.2 Å². The monoisotopic (exact) mass is 377 g/mol. The number of aromatic nitrogens is 1. The van der Waals surface area contributed by atoms with Gasteiger partial charge in [-0.05, 0) is 51.5 Å². The number of amides is 1. The van der Waals surface area contributed by atoms with Gasteiger partial charge in [-0.2, -0.15) is 0 Å². The molecular formula is C20H25F2N3O2. The maximum atomic E-state index is 13.8. The number of pyridine rings is 1. The van der Waals surface area contributed by atoms with Crippen molar-refractivity contribution < 1.29 is 18.7 Å². The van der Waals surface area contributed by atoms with Crippen LogP contribution in [-0.2, 0) is 12.8 Å². The van der Waals surface area contributed by atoms with Crippen molar-refractivity contribution in [1.29, 1.82) is 0 Å². The molecule has 1 heterocycles. The van der Waals surface area contributed by atoms with Crippen molar-refractivity contribution in [3.63, 3.8) is 0 Å². The van der Waals surface area contributed by atoms with Gasteiger partial charge in [-0.3, -0.25) is 9.78 Å². The summed E-state index contributed by atoms with van der Waals surface area (Å²) in [5.74, 6) is -1.73. The van der Waals surface area contributed by atoms with E-state index in [0.717, 1.165) is 12.1 Å². The van der Waals surface area contributed by atoms with Crippen LogP contribution < -0.4 is 11.1 Å². The molecular weight excluding hydrogens is 352 g/mol. The van der Waals surface area contributed by atoms with Crippen molar-refractivity contribution in [3.05, 3.63) is 65.0 Å². The molecule has 2 atom stereocenters. The summed E-state index contributed by atoms with van der Waals surface area (Å²) < 4.78 is 27.6. The molecule has 0 bridgehead atoms. The third kappa shape index (κ3) is 5.80. The van der Waals surface area contributed by atoms with E-state index in [0.29, 0.717) is 11.3 Å². The number of hydrogen-bond donors (Lipinski definition) is 3. The van der Waals surface area contributed by atoms with Crippen LogP contribution in [0.2, 0.25) is 0 Å². The van der Waals surface area contributed by atoms with Gasteiger partial charge in [0.05, 0.1) is 17.4 Å². The molecule has 1 amide bonds. The Morgan fingerprint density at radius 1 is 1.19 bits per heavy atom. The Morgan fingerprint density at radius 2 is 1.81 bits per heavy atom. The van der Waals surface area contributed by atoms with E-state index in [2.05, 4.69) is 10.3 Å². The smallest absolute Gasteiger partial charge is 0.253 e. The van der Waals surface area contributed by atoms with Crippen molar-refractivity contribution >= 4 is 5.91 Å². The van der Waals surface area contributed by atoms with E-state index in [-0.39, 0.29) is 24.3 Å². The Labute approximate surface area is 157 Å². The Morgan fingerprint density at radius 3 is 2.41 bits per heavy atom. The van der Waals surface area contributed by atoms with E-state index < -0.39 is 29.3 Å². The highest BCUT2D eigenvalue weighted by Crippen LogP contribution is 2.17. The molecule has 146 valence electrons. The molecule has 1 aromatic heterocycles. The summed E-state index contributed by atoms with van der Waals surface area (Å²) in [6, 6.07) is 5.87. The lowest BCUT2D eigenvalue weighted by Crippen LogP contribution is -2.42. The number of rotatable bonds is 6. The number of carbonyl (C=O) groups excluding carboxylic acids is 1. The number of carbonyl (C=O) groups is 1. The first-order chi connectivity index (χ1) is 12.6. The fourth-order valence-electron chi connectivity index (χ4n) is 2.66. The van der Waals surface area contributed by atoms with Gasteiger partial charge in [-0.15, -0.1) is 0 Å². The Balaban J connectivity index is 2.13. The first kappa shape index (κ1) is 20.9. The Bertz CT molecular complexity index is 786. The summed E-state index contributed by atoms with van der Waals surface area (Å²) in [5.41, 5.74) is 6.05. The highest BCUT2D eigenvalue weighted by atomic mass is 19.1. The second-order valence-electron chi connectivity index (χ2n) is 7.54. The van der Waals surface area contributed by atoms with Crippen molar-refractivity contribution in [2.75, 3.05) is 0 Å². The predicted molar refractivity (Wildman–Crippen MR) is 99.2 cm³/mol. The molecule has 0 unspecified atom stereocenters. The molecule has 4 N–H and O–H groups in total. The highest BCUT2D eigenvalue weighted by Gasteiger charge is 2.24. The third-order valence-corrected chi connectivity index (χ3v) is 4.02. The molecule has 0 radical (unpaired) electrons. The van der Waals surface area contributed by atoms with E-state index in [1.54, 1.807) is 12.1 Å². The first-order valence-corrected chi connectivity index (χ1v) is 8.71. The minimum Gasteiger partial charge on any atom is -0.391 e. The highest BCUT2D eigenvalue weighted by molar-refractivity contribution is 5.95. The maximum Gasteiger partial charge on any atom is 0.253 e. The van der Waals surface area contributed by atoms with E-state index >= 15 is 0 Å². The van der Waals surface area contributed by atoms with Crippen LogP contribution in [0, 0.1) is 11.6 Å². The molecule has 0 aliphatic heterocycles. The average molecular weight is 377 g/mol. The van der Waals surface area contributed by atoms with Crippen LogP contribution in [0.1, 0.15) is 42.4 Å². The van der Waals surface area contributed by atoms with Crippen molar-refractivity contribution in [3.8, 4) is 0 Å². The second-order valence-corrected chi connectivity index (χ2v) is 7.54. The fourth-order valence-corrected chi connectivity index (χ4v) is 2.66. The van der Waals surface area contributed by atoms with E-state index in [4.69, 9.17) is 5.73 Å². The molecule has 27 heavy (non-hydrogen) atoms. The zero-order valence-electron chi connectivity index (χ0n) is 15.7. The molecule has 5 nitrogen and oxygen atoms in total. The summed E-state index contributed by atoms with van der Waals surface area (Å²) in [6.07, 6.45) is 0.207. The van der Waals surface area contributed by atoms with Crippen LogP contribution >= 0.6 is 0 Å².